The quantitative estimate of drug-likeness (QED) is 0.807. The van der Waals surface area contributed by atoms with Crippen molar-refractivity contribution in [2.24, 2.45) is 0 Å². The van der Waals surface area contributed by atoms with Gasteiger partial charge < -0.3 is 10.2 Å². The van der Waals surface area contributed by atoms with Gasteiger partial charge in [-0.05, 0) is 6.07 Å². The van der Waals surface area contributed by atoms with Crippen LogP contribution in [0, 0.1) is 0 Å². The number of likely N-dealkylation sites (N-methyl/N-ethyl adjacent to an activating group) is 1. The van der Waals surface area contributed by atoms with Crippen molar-refractivity contribution in [1.82, 2.24) is 15.3 Å². The van der Waals surface area contributed by atoms with Gasteiger partial charge in [-0.2, -0.15) is 0 Å². The van der Waals surface area contributed by atoms with Crippen molar-refractivity contribution < 1.29 is 0 Å². The summed E-state index contributed by atoms with van der Waals surface area (Å²) < 4.78 is 1.29. The second-order valence-corrected chi connectivity index (χ2v) is 6.24. The maximum Gasteiger partial charge on any atom is 0.147 e. The third-order valence-electron chi connectivity index (χ3n) is 4.06. The summed E-state index contributed by atoms with van der Waals surface area (Å²) in [6.07, 6.45) is 3.76. The zero-order valence-electron chi connectivity index (χ0n) is 11.8. The third kappa shape index (κ3) is 2.18. The maximum atomic E-state index is 4.62. The molecule has 0 radical (unpaired) electrons. The molecule has 0 atom stereocenters. The van der Waals surface area contributed by atoms with E-state index in [1.807, 2.05) is 12.4 Å². The normalized spacial score (nSPS) is 15.1. The monoisotopic (exact) mass is 296 g/mol. The van der Waals surface area contributed by atoms with Crippen LogP contribution in [0.15, 0.2) is 42.0 Å². The fraction of sp³-hybridized carbons (Fsp3) is 0.250. The molecule has 2 aromatic heterocycles. The van der Waals surface area contributed by atoms with E-state index in [-0.39, 0.29) is 0 Å². The Bertz CT molecular complexity index is 761. The van der Waals surface area contributed by atoms with Crippen LogP contribution < -0.4 is 10.2 Å². The molecule has 1 aliphatic rings. The standard InChI is InChI=1S/C16H16N4S/c1-20(11-6-17-7-11)16-9-18-14(8-19-16)13-10-21-15-5-3-2-4-12(13)15/h2-5,8-11,17H,6-7H2,1H3. The van der Waals surface area contributed by atoms with Crippen LogP contribution in [0.2, 0.25) is 0 Å². The van der Waals surface area contributed by atoms with Gasteiger partial charge in [-0.1, -0.05) is 18.2 Å². The highest BCUT2D eigenvalue weighted by molar-refractivity contribution is 7.17. The molecule has 1 N–H and O–H groups in total. The predicted molar refractivity (Wildman–Crippen MR) is 87.9 cm³/mol. The van der Waals surface area contributed by atoms with Gasteiger partial charge in [-0.25, -0.2) is 4.98 Å². The lowest BCUT2D eigenvalue weighted by Gasteiger charge is -2.36. The second kappa shape index (κ2) is 5.09. The lowest BCUT2D eigenvalue weighted by atomic mass is 10.1. The van der Waals surface area contributed by atoms with Crippen molar-refractivity contribution >= 4 is 27.2 Å². The van der Waals surface area contributed by atoms with Crippen molar-refractivity contribution in [3.8, 4) is 11.3 Å². The SMILES string of the molecule is CN(c1cnc(-c2csc3ccccc23)cn1)C1CNC1. The van der Waals surface area contributed by atoms with Gasteiger partial charge in [0.1, 0.15) is 5.82 Å². The average molecular weight is 296 g/mol. The molecular formula is C16H16N4S. The van der Waals surface area contributed by atoms with Crippen molar-refractivity contribution in [2.45, 2.75) is 6.04 Å². The van der Waals surface area contributed by atoms with Gasteiger partial charge in [0.05, 0.1) is 24.1 Å². The molecule has 4 rings (SSSR count). The minimum Gasteiger partial charge on any atom is -0.353 e. The Balaban J connectivity index is 1.67. The Morgan fingerprint density at radius 1 is 1.19 bits per heavy atom. The molecule has 3 heterocycles. The van der Waals surface area contributed by atoms with Crippen molar-refractivity contribution in [3.63, 3.8) is 0 Å². The first-order chi connectivity index (χ1) is 10.3. The Kier molecular flexibility index (Phi) is 3.09. The Labute approximate surface area is 127 Å². The second-order valence-electron chi connectivity index (χ2n) is 5.33. The number of anilines is 1. The number of nitrogens with zero attached hydrogens (tertiary/aromatic N) is 3. The van der Waals surface area contributed by atoms with E-state index in [4.69, 9.17) is 0 Å². The van der Waals surface area contributed by atoms with Crippen LogP contribution in [0.25, 0.3) is 21.3 Å². The fourth-order valence-electron chi connectivity index (χ4n) is 2.55. The van der Waals surface area contributed by atoms with E-state index >= 15 is 0 Å². The van der Waals surface area contributed by atoms with Gasteiger partial charge in [-0.3, -0.25) is 4.98 Å². The summed E-state index contributed by atoms with van der Waals surface area (Å²) in [4.78, 5) is 11.4. The van der Waals surface area contributed by atoms with E-state index in [9.17, 15) is 0 Å². The minimum atomic E-state index is 0.534. The van der Waals surface area contributed by atoms with Crippen LogP contribution in [0.1, 0.15) is 0 Å². The summed E-state index contributed by atoms with van der Waals surface area (Å²) in [7, 11) is 2.08. The van der Waals surface area contributed by atoms with Gasteiger partial charge in [0.25, 0.3) is 0 Å². The van der Waals surface area contributed by atoms with Crippen LogP contribution in [-0.4, -0.2) is 36.1 Å². The summed E-state index contributed by atoms with van der Waals surface area (Å²) in [6.45, 7) is 2.05. The molecule has 1 aromatic carbocycles. The molecule has 0 amide bonds. The van der Waals surface area contributed by atoms with Crippen LogP contribution in [0.5, 0.6) is 0 Å². The predicted octanol–water partition coefficient (Wildman–Crippen LogP) is 2.77. The molecule has 1 saturated heterocycles. The molecule has 4 nitrogen and oxygen atoms in total. The Morgan fingerprint density at radius 3 is 2.76 bits per heavy atom. The van der Waals surface area contributed by atoms with E-state index < -0.39 is 0 Å². The molecule has 5 heteroatoms. The van der Waals surface area contributed by atoms with Crippen LogP contribution in [-0.2, 0) is 0 Å². The van der Waals surface area contributed by atoms with E-state index in [2.05, 4.69) is 56.9 Å². The van der Waals surface area contributed by atoms with Crippen molar-refractivity contribution in [3.05, 3.63) is 42.0 Å². The molecule has 106 valence electrons. The number of fused-ring (bicyclic) bond motifs is 1. The van der Waals surface area contributed by atoms with E-state index in [0.29, 0.717) is 6.04 Å². The largest absolute Gasteiger partial charge is 0.353 e. The summed E-state index contributed by atoms with van der Waals surface area (Å²) in [5.74, 6) is 0.935. The molecule has 1 fully saturated rings. The first kappa shape index (κ1) is 12.7. The molecule has 0 bridgehead atoms. The highest BCUT2D eigenvalue weighted by Crippen LogP contribution is 2.32. The molecule has 3 aromatic rings. The molecule has 0 aliphatic carbocycles. The summed E-state index contributed by atoms with van der Waals surface area (Å²) in [5, 5.41) is 6.69. The zero-order valence-corrected chi connectivity index (χ0v) is 12.6. The molecule has 0 spiro atoms. The maximum absolute atomic E-state index is 4.62. The van der Waals surface area contributed by atoms with Gasteiger partial charge in [-0.15, -0.1) is 11.3 Å². The van der Waals surface area contributed by atoms with Crippen LogP contribution in [0.4, 0.5) is 5.82 Å². The van der Waals surface area contributed by atoms with Crippen molar-refractivity contribution in [2.75, 3.05) is 25.0 Å². The number of aromatic nitrogens is 2. The molecule has 0 saturated carbocycles. The summed E-state index contributed by atoms with van der Waals surface area (Å²) in [5.41, 5.74) is 2.11. The topological polar surface area (TPSA) is 41.1 Å². The molecular weight excluding hydrogens is 280 g/mol. The molecule has 21 heavy (non-hydrogen) atoms. The zero-order chi connectivity index (χ0) is 14.2. The van der Waals surface area contributed by atoms with E-state index in [1.54, 1.807) is 11.3 Å². The van der Waals surface area contributed by atoms with E-state index in [1.165, 1.54) is 15.6 Å². The third-order valence-corrected chi connectivity index (χ3v) is 5.03. The van der Waals surface area contributed by atoms with Gasteiger partial charge >= 0.3 is 0 Å². The van der Waals surface area contributed by atoms with Gasteiger partial charge in [0, 0.05) is 41.2 Å². The lowest BCUT2D eigenvalue weighted by Crippen LogP contribution is -2.56. The van der Waals surface area contributed by atoms with Crippen LogP contribution >= 0.6 is 11.3 Å². The van der Waals surface area contributed by atoms with Crippen molar-refractivity contribution in [1.29, 1.82) is 0 Å². The number of hydrogen-bond donors (Lipinski definition) is 1. The van der Waals surface area contributed by atoms with Gasteiger partial charge in [0.15, 0.2) is 0 Å². The van der Waals surface area contributed by atoms with Crippen LogP contribution in [0.3, 0.4) is 0 Å². The first-order valence-corrected chi connectivity index (χ1v) is 7.93. The number of rotatable bonds is 3. The van der Waals surface area contributed by atoms with E-state index in [0.717, 1.165) is 24.6 Å². The Hall–Kier alpha value is -1.98. The number of thiophene rings is 1. The molecule has 1 aliphatic heterocycles. The minimum absolute atomic E-state index is 0.534. The summed E-state index contributed by atoms with van der Waals surface area (Å²) in [6, 6.07) is 8.95. The highest BCUT2D eigenvalue weighted by atomic mass is 32.1. The smallest absolute Gasteiger partial charge is 0.147 e. The first-order valence-electron chi connectivity index (χ1n) is 7.05. The fourth-order valence-corrected chi connectivity index (χ4v) is 3.51. The molecule has 0 unspecified atom stereocenters. The summed E-state index contributed by atoms with van der Waals surface area (Å²) >= 11 is 1.75. The van der Waals surface area contributed by atoms with Gasteiger partial charge in [0.2, 0.25) is 0 Å². The number of hydrogen-bond acceptors (Lipinski definition) is 5. The lowest BCUT2D eigenvalue weighted by molar-refractivity contribution is 0.426. The number of benzene rings is 1. The average Bonchev–Trinajstić information content (AvgIpc) is 2.89. The number of nitrogens with one attached hydrogen (secondary N) is 1. The highest BCUT2D eigenvalue weighted by Gasteiger charge is 2.22. The Morgan fingerprint density at radius 2 is 2.05 bits per heavy atom.